The number of nitrogens with zero attached hydrogens (tertiary/aromatic N) is 1. The lowest BCUT2D eigenvalue weighted by Crippen LogP contribution is -1.96. The van der Waals surface area contributed by atoms with Gasteiger partial charge in [0, 0.05) is 17.9 Å². The summed E-state index contributed by atoms with van der Waals surface area (Å²) in [5.74, 6) is 2.15. The molecule has 0 aliphatic carbocycles. The van der Waals surface area contributed by atoms with Crippen molar-refractivity contribution in [2.75, 3.05) is 6.61 Å². The first-order chi connectivity index (χ1) is 12.2. The zero-order valence-electron chi connectivity index (χ0n) is 14.5. The Morgan fingerprint density at radius 1 is 1.08 bits per heavy atom. The number of carbonyl (C=O) groups excluding carboxylic acids is 1. The summed E-state index contributed by atoms with van der Waals surface area (Å²) in [7, 11) is 0. The van der Waals surface area contributed by atoms with Crippen LogP contribution in [0.5, 0.6) is 17.4 Å². The van der Waals surface area contributed by atoms with Crippen LogP contribution in [0.25, 0.3) is 10.9 Å². The Labute approximate surface area is 147 Å². The maximum atomic E-state index is 10.6. The van der Waals surface area contributed by atoms with E-state index in [1.165, 1.54) is 0 Å². The lowest BCUT2D eigenvalue weighted by Gasteiger charge is -2.11. The summed E-state index contributed by atoms with van der Waals surface area (Å²) in [6.07, 6.45) is 2.30. The largest absolute Gasteiger partial charge is 0.494 e. The minimum atomic E-state index is 0.417. The number of carbonyl (C=O) groups is 1. The third-order valence-electron chi connectivity index (χ3n) is 3.88. The minimum absolute atomic E-state index is 0.417. The van der Waals surface area contributed by atoms with Crippen molar-refractivity contribution < 1.29 is 14.3 Å². The van der Waals surface area contributed by atoms with Gasteiger partial charge >= 0.3 is 0 Å². The van der Waals surface area contributed by atoms with E-state index in [0.717, 1.165) is 46.2 Å². The van der Waals surface area contributed by atoms with E-state index in [-0.39, 0.29) is 0 Å². The summed E-state index contributed by atoms with van der Waals surface area (Å²) >= 11 is 0. The summed E-state index contributed by atoms with van der Waals surface area (Å²) < 4.78 is 11.6. The fraction of sp³-hybridized carbons (Fsp3) is 0.238. The molecule has 0 saturated carbocycles. The van der Waals surface area contributed by atoms with E-state index in [1.54, 1.807) is 0 Å². The zero-order chi connectivity index (χ0) is 17.6. The number of pyridine rings is 1. The molecule has 0 radical (unpaired) electrons. The predicted octanol–water partition coefficient (Wildman–Crippen LogP) is 4.87. The molecule has 0 aliphatic heterocycles. The number of aryl methyl sites for hydroxylation is 1. The van der Waals surface area contributed by atoms with Gasteiger partial charge in [0.1, 0.15) is 17.8 Å². The average molecular weight is 335 g/mol. The van der Waals surface area contributed by atoms with Gasteiger partial charge in [-0.15, -0.1) is 0 Å². The van der Waals surface area contributed by atoms with Gasteiger partial charge in [-0.05, 0) is 60.9 Å². The van der Waals surface area contributed by atoms with Crippen molar-refractivity contribution in [3.8, 4) is 17.4 Å². The number of aldehydes is 1. The summed E-state index contributed by atoms with van der Waals surface area (Å²) in [6, 6.07) is 15.4. The average Bonchev–Trinajstić information content (AvgIpc) is 2.62. The second-order valence-corrected chi connectivity index (χ2v) is 5.93. The summed E-state index contributed by atoms with van der Waals surface area (Å²) in [5, 5.41) is 0.992. The van der Waals surface area contributed by atoms with Crippen molar-refractivity contribution in [1.82, 2.24) is 4.98 Å². The predicted molar refractivity (Wildman–Crippen MR) is 98.6 cm³/mol. The maximum Gasteiger partial charge on any atom is 0.219 e. The molecule has 1 aromatic heterocycles. The number of benzene rings is 2. The van der Waals surface area contributed by atoms with Crippen molar-refractivity contribution >= 4 is 17.2 Å². The fourth-order valence-corrected chi connectivity index (χ4v) is 2.60. The van der Waals surface area contributed by atoms with Crippen LogP contribution in [-0.2, 0) is 11.2 Å². The molecule has 0 amide bonds. The summed E-state index contributed by atoms with van der Waals surface area (Å²) in [6.45, 7) is 4.77. The Morgan fingerprint density at radius 3 is 2.72 bits per heavy atom. The van der Waals surface area contributed by atoms with E-state index in [1.807, 2.05) is 55.5 Å². The van der Waals surface area contributed by atoms with Gasteiger partial charge in [0.15, 0.2) is 0 Å². The number of hydrogen-bond donors (Lipinski definition) is 0. The van der Waals surface area contributed by atoms with Crippen molar-refractivity contribution in [2.24, 2.45) is 0 Å². The number of ether oxygens (including phenoxy) is 2. The van der Waals surface area contributed by atoms with E-state index < -0.39 is 0 Å². The third-order valence-corrected chi connectivity index (χ3v) is 3.88. The van der Waals surface area contributed by atoms with Crippen LogP contribution in [0, 0.1) is 6.92 Å². The molecule has 1 heterocycles. The van der Waals surface area contributed by atoms with Crippen LogP contribution in [-0.4, -0.2) is 17.9 Å². The van der Waals surface area contributed by atoms with Crippen LogP contribution < -0.4 is 9.47 Å². The molecule has 3 aromatic rings. The fourth-order valence-electron chi connectivity index (χ4n) is 2.60. The van der Waals surface area contributed by atoms with Crippen molar-refractivity contribution in [1.29, 1.82) is 0 Å². The van der Waals surface area contributed by atoms with Crippen LogP contribution in [0.15, 0.2) is 48.5 Å². The topological polar surface area (TPSA) is 48.4 Å². The maximum absolute atomic E-state index is 10.6. The standard InChI is InChI=1S/C21H21NO3/c1-3-12-24-18-6-8-20(15(2)13-18)25-21-9-5-17-14-16(10-11-23)4-7-19(17)22-21/h4-9,11,13-14H,3,10,12H2,1-2H3. The smallest absolute Gasteiger partial charge is 0.219 e. The van der Waals surface area contributed by atoms with Gasteiger partial charge in [-0.1, -0.05) is 13.0 Å². The molecular weight excluding hydrogens is 314 g/mol. The molecule has 0 atom stereocenters. The summed E-state index contributed by atoms with van der Waals surface area (Å²) in [5.41, 5.74) is 2.82. The minimum Gasteiger partial charge on any atom is -0.494 e. The number of fused-ring (bicyclic) bond motifs is 1. The first-order valence-corrected chi connectivity index (χ1v) is 8.44. The molecule has 0 bridgehead atoms. The van der Waals surface area contributed by atoms with Crippen LogP contribution in [0.3, 0.4) is 0 Å². The SMILES string of the molecule is CCCOc1ccc(Oc2ccc3cc(CC=O)ccc3n2)c(C)c1. The van der Waals surface area contributed by atoms with E-state index in [0.29, 0.717) is 18.9 Å². The van der Waals surface area contributed by atoms with Crippen LogP contribution in [0.1, 0.15) is 24.5 Å². The molecule has 4 nitrogen and oxygen atoms in total. The van der Waals surface area contributed by atoms with Gasteiger partial charge in [-0.3, -0.25) is 0 Å². The molecule has 0 aliphatic rings. The Bertz CT molecular complexity index is 889. The second kappa shape index (κ2) is 7.79. The monoisotopic (exact) mass is 335 g/mol. The summed E-state index contributed by atoms with van der Waals surface area (Å²) in [4.78, 5) is 15.2. The zero-order valence-corrected chi connectivity index (χ0v) is 14.5. The van der Waals surface area contributed by atoms with E-state index in [9.17, 15) is 4.79 Å². The lowest BCUT2D eigenvalue weighted by atomic mass is 10.1. The Kier molecular flexibility index (Phi) is 5.29. The molecule has 0 unspecified atom stereocenters. The third kappa shape index (κ3) is 4.15. The Hall–Kier alpha value is -2.88. The molecule has 25 heavy (non-hydrogen) atoms. The highest BCUT2D eigenvalue weighted by atomic mass is 16.5. The Balaban J connectivity index is 1.80. The highest BCUT2D eigenvalue weighted by molar-refractivity contribution is 5.80. The quantitative estimate of drug-likeness (QED) is 0.578. The normalized spacial score (nSPS) is 10.6. The van der Waals surface area contributed by atoms with Gasteiger partial charge in [-0.2, -0.15) is 0 Å². The molecular formula is C21H21NO3. The number of hydrogen-bond acceptors (Lipinski definition) is 4. The molecule has 0 N–H and O–H groups in total. The first-order valence-electron chi connectivity index (χ1n) is 8.44. The number of rotatable bonds is 7. The van der Waals surface area contributed by atoms with Gasteiger partial charge < -0.3 is 14.3 Å². The van der Waals surface area contributed by atoms with E-state index in [2.05, 4.69) is 11.9 Å². The lowest BCUT2D eigenvalue weighted by molar-refractivity contribution is -0.107. The van der Waals surface area contributed by atoms with Crippen LogP contribution in [0.4, 0.5) is 0 Å². The molecule has 3 rings (SSSR count). The first kappa shape index (κ1) is 17.0. The second-order valence-electron chi connectivity index (χ2n) is 5.93. The molecule has 4 heteroatoms. The van der Waals surface area contributed by atoms with Gasteiger partial charge in [-0.25, -0.2) is 4.98 Å². The van der Waals surface area contributed by atoms with E-state index in [4.69, 9.17) is 9.47 Å². The van der Waals surface area contributed by atoms with Crippen LogP contribution in [0.2, 0.25) is 0 Å². The Morgan fingerprint density at radius 2 is 1.96 bits per heavy atom. The van der Waals surface area contributed by atoms with Gasteiger partial charge in [0.2, 0.25) is 5.88 Å². The molecule has 0 spiro atoms. The molecule has 0 saturated heterocycles. The van der Waals surface area contributed by atoms with Crippen LogP contribution >= 0.6 is 0 Å². The van der Waals surface area contributed by atoms with Crippen molar-refractivity contribution in [3.05, 3.63) is 59.7 Å². The van der Waals surface area contributed by atoms with E-state index >= 15 is 0 Å². The highest BCUT2D eigenvalue weighted by Crippen LogP contribution is 2.28. The molecule has 2 aromatic carbocycles. The van der Waals surface area contributed by atoms with Gasteiger partial charge in [0.05, 0.1) is 12.1 Å². The number of aromatic nitrogens is 1. The molecule has 128 valence electrons. The van der Waals surface area contributed by atoms with Gasteiger partial charge in [0.25, 0.3) is 0 Å². The van der Waals surface area contributed by atoms with Crippen molar-refractivity contribution in [2.45, 2.75) is 26.7 Å². The van der Waals surface area contributed by atoms with Crippen molar-refractivity contribution in [3.63, 3.8) is 0 Å². The molecule has 0 fully saturated rings. The highest BCUT2D eigenvalue weighted by Gasteiger charge is 2.06.